The number of fused-ring (bicyclic) bond motifs is 1. The molecule has 2 aromatic rings. The minimum Gasteiger partial charge on any atom is -0.494 e. The Balaban J connectivity index is 1.57. The summed E-state index contributed by atoms with van der Waals surface area (Å²) in [4.78, 5) is 31.3. The largest absolute Gasteiger partial charge is 0.494 e. The van der Waals surface area contributed by atoms with Gasteiger partial charge >= 0.3 is 6.09 Å². The van der Waals surface area contributed by atoms with E-state index in [4.69, 9.17) is 9.47 Å². The maximum Gasteiger partial charge on any atom is 0.410 e. The average Bonchev–Trinajstić information content (AvgIpc) is 3.05. The van der Waals surface area contributed by atoms with Crippen molar-refractivity contribution in [1.82, 2.24) is 9.88 Å². The van der Waals surface area contributed by atoms with Crippen molar-refractivity contribution in [2.24, 2.45) is 0 Å². The zero-order chi connectivity index (χ0) is 19.2. The molecule has 0 unspecified atom stereocenters. The number of carbonyl (C=O) groups excluding carboxylic acids is 2. The van der Waals surface area contributed by atoms with E-state index in [0.29, 0.717) is 37.9 Å². The van der Waals surface area contributed by atoms with Gasteiger partial charge in [-0.2, -0.15) is 0 Å². The SMILES string of the molecule is CCOC(=O)N1CCc2nc(NC(=O)Cc3ccc(OCC)cc3)sc2C1. The van der Waals surface area contributed by atoms with E-state index in [0.717, 1.165) is 21.9 Å². The molecule has 0 spiro atoms. The quantitative estimate of drug-likeness (QED) is 0.820. The molecule has 7 nitrogen and oxygen atoms in total. The van der Waals surface area contributed by atoms with Crippen LogP contribution in [0.4, 0.5) is 9.93 Å². The van der Waals surface area contributed by atoms with Gasteiger partial charge in [-0.3, -0.25) is 4.79 Å². The van der Waals surface area contributed by atoms with Gasteiger partial charge in [0.1, 0.15) is 5.75 Å². The van der Waals surface area contributed by atoms with Crippen molar-refractivity contribution in [2.75, 3.05) is 25.1 Å². The zero-order valence-electron chi connectivity index (χ0n) is 15.5. The molecule has 0 bridgehead atoms. The fourth-order valence-electron chi connectivity index (χ4n) is 2.84. The van der Waals surface area contributed by atoms with E-state index < -0.39 is 0 Å². The summed E-state index contributed by atoms with van der Waals surface area (Å²) in [5.41, 5.74) is 1.85. The number of aromatic nitrogens is 1. The number of hydrogen-bond donors (Lipinski definition) is 1. The summed E-state index contributed by atoms with van der Waals surface area (Å²) in [5, 5.41) is 3.43. The molecule has 0 aliphatic carbocycles. The summed E-state index contributed by atoms with van der Waals surface area (Å²) >= 11 is 1.41. The van der Waals surface area contributed by atoms with E-state index in [2.05, 4.69) is 10.3 Å². The van der Waals surface area contributed by atoms with Crippen LogP contribution in [0.2, 0.25) is 0 Å². The van der Waals surface area contributed by atoms with Crippen molar-refractivity contribution in [2.45, 2.75) is 33.2 Å². The van der Waals surface area contributed by atoms with Crippen molar-refractivity contribution in [3.8, 4) is 5.75 Å². The van der Waals surface area contributed by atoms with Gasteiger partial charge in [0.2, 0.25) is 5.91 Å². The average molecular weight is 389 g/mol. The Morgan fingerprint density at radius 3 is 2.70 bits per heavy atom. The lowest BCUT2D eigenvalue weighted by atomic mass is 10.1. The molecule has 1 N–H and O–H groups in total. The van der Waals surface area contributed by atoms with Crippen LogP contribution in [0.1, 0.15) is 30.0 Å². The minimum absolute atomic E-state index is 0.118. The summed E-state index contributed by atoms with van der Waals surface area (Å²) in [5.74, 6) is 0.674. The summed E-state index contributed by atoms with van der Waals surface area (Å²) in [6.07, 6.45) is 0.628. The molecule has 144 valence electrons. The lowest BCUT2D eigenvalue weighted by Gasteiger charge is -2.24. The van der Waals surface area contributed by atoms with Gasteiger partial charge < -0.3 is 19.7 Å². The third kappa shape index (κ3) is 4.97. The standard InChI is InChI=1S/C19H23N3O4S/c1-3-25-14-7-5-13(6-8-14)11-17(23)21-18-20-15-9-10-22(12-16(15)27-18)19(24)26-4-2/h5-8H,3-4,9-12H2,1-2H3,(H,20,21,23). The predicted octanol–water partition coefficient (Wildman–Crippen LogP) is 3.24. The lowest BCUT2D eigenvalue weighted by Crippen LogP contribution is -2.35. The van der Waals surface area contributed by atoms with E-state index >= 15 is 0 Å². The second kappa shape index (κ2) is 8.85. The molecule has 0 radical (unpaired) electrons. The number of nitrogens with one attached hydrogen (secondary N) is 1. The van der Waals surface area contributed by atoms with Crippen molar-refractivity contribution in [1.29, 1.82) is 0 Å². The van der Waals surface area contributed by atoms with Crippen LogP contribution in [0.3, 0.4) is 0 Å². The predicted molar refractivity (Wildman–Crippen MR) is 103 cm³/mol. The number of nitrogens with zero attached hydrogens (tertiary/aromatic N) is 2. The summed E-state index contributed by atoms with van der Waals surface area (Å²) < 4.78 is 10.5. The summed E-state index contributed by atoms with van der Waals surface area (Å²) in [7, 11) is 0. The molecule has 1 aromatic heterocycles. The molecule has 1 aromatic carbocycles. The molecule has 8 heteroatoms. The molecule has 1 aliphatic rings. The maximum atomic E-state index is 12.3. The molecule has 1 aliphatic heterocycles. The van der Waals surface area contributed by atoms with Crippen LogP contribution in [0, 0.1) is 0 Å². The minimum atomic E-state index is -0.308. The van der Waals surface area contributed by atoms with Crippen LogP contribution >= 0.6 is 11.3 Å². The fraction of sp³-hybridized carbons (Fsp3) is 0.421. The first-order valence-electron chi connectivity index (χ1n) is 9.01. The van der Waals surface area contributed by atoms with E-state index in [9.17, 15) is 9.59 Å². The molecular formula is C19H23N3O4S. The zero-order valence-corrected chi connectivity index (χ0v) is 16.3. The highest BCUT2D eigenvalue weighted by Crippen LogP contribution is 2.28. The van der Waals surface area contributed by atoms with Gasteiger partial charge in [0.25, 0.3) is 0 Å². The van der Waals surface area contributed by atoms with Gasteiger partial charge in [-0.1, -0.05) is 23.5 Å². The normalized spacial score (nSPS) is 13.0. The van der Waals surface area contributed by atoms with Crippen LogP contribution in [0.15, 0.2) is 24.3 Å². The highest BCUT2D eigenvalue weighted by Gasteiger charge is 2.25. The molecule has 27 heavy (non-hydrogen) atoms. The Morgan fingerprint density at radius 1 is 1.22 bits per heavy atom. The second-order valence-electron chi connectivity index (χ2n) is 6.06. The van der Waals surface area contributed by atoms with Gasteiger partial charge in [0.05, 0.1) is 31.9 Å². The number of amides is 2. The molecule has 2 heterocycles. The van der Waals surface area contributed by atoms with Gasteiger partial charge in [-0.05, 0) is 31.5 Å². The molecule has 0 saturated carbocycles. The van der Waals surface area contributed by atoms with E-state index in [1.165, 1.54) is 11.3 Å². The van der Waals surface area contributed by atoms with Gasteiger partial charge in [0.15, 0.2) is 5.13 Å². The number of hydrogen-bond acceptors (Lipinski definition) is 6. The Bertz CT molecular complexity index is 804. The first-order chi connectivity index (χ1) is 13.1. The topological polar surface area (TPSA) is 80.8 Å². The number of ether oxygens (including phenoxy) is 2. The molecule has 0 fully saturated rings. The monoisotopic (exact) mass is 389 g/mol. The van der Waals surface area contributed by atoms with Gasteiger partial charge in [0, 0.05) is 17.8 Å². The first-order valence-corrected chi connectivity index (χ1v) is 9.82. The van der Waals surface area contributed by atoms with E-state index in [1.54, 1.807) is 11.8 Å². The van der Waals surface area contributed by atoms with Crippen LogP contribution in [-0.4, -0.2) is 41.6 Å². The van der Waals surface area contributed by atoms with Crippen LogP contribution in [-0.2, 0) is 28.9 Å². The van der Waals surface area contributed by atoms with Crippen LogP contribution < -0.4 is 10.1 Å². The number of thiazole rings is 1. The van der Waals surface area contributed by atoms with E-state index in [1.807, 2.05) is 31.2 Å². The van der Waals surface area contributed by atoms with E-state index in [-0.39, 0.29) is 18.4 Å². The molecular weight excluding hydrogens is 366 g/mol. The van der Waals surface area contributed by atoms with Crippen molar-refractivity contribution < 1.29 is 19.1 Å². The molecule has 2 amide bonds. The fourth-order valence-corrected chi connectivity index (χ4v) is 3.88. The summed E-state index contributed by atoms with van der Waals surface area (Å²) in [6, 6.07) is 7.49. The van der Waals surface area contributed by atoms with Crippen molar-refractivity contribution in [3.63, 3.8) is 0 Å². The molecule has 0 atom stereocenters. The molecule has 0 saturated heterocycles. The van der Waals surface area contributed by atoms with Crippen molar-refractivity contribution >= 4 is 28.5 Å². The summed E-state index contributed by atoms with van der Waals surface area (Å²) in [6.45, 7) is 5.74. The Kier molecular flexibility index (Phi) is 6.28. The Morgan fingerprint density at radius 2 is 2.00 bits per heavy atom. The second-order valence-corrected chi connectivity index (χ2v) is 7.14. The first kappa shape index (κ1) is 19.2. The third-order valence-corrected chi connectivity index (χ3v) is 5.10. The lowest BCUT2D eigenvalue weighted by molar-refractivity contribution is -0.115. The van der Waals surface area contributed by atoms with Gasteiger partial charge in [-0.15, -0.1) is 0 Å². The number of anilines is 1. The van der Waals surface area contributed by atoms with Crippen molar-refractivity contribution in [3.05, 3.63) is 40.4 Å². The number of carbonyl (C=O) groups is 2. The highest BCUT2D eigenvalue weighted by atomic mass is 32.1. The molecule has 3 rings (SSSR count). The number of rotatable bonds is 6. The Labute approximate surface area is 162 Å². The maximum absolute atomic E-state index is 12.3. The Hall–Kier alpha value is -2.61. The van der Waals surface area contributed by atoms with Gasteiger partial charge in [-0.25, -0.2) is 9.78 Å². The number of benzene rings is 1. The highest BCUT2D eigenvalue weighted by molar-refractivity contribution is 7.15. The van der Waals surface area contributed by atoms with Crippen LogP contribution in [0.5, 0.6) is 5.75 Å². The van der Waals surface area contributed by atoms with Crippen LogP contribution in [0.25, 0.3) is 0 Å². The smallest absolute Gasteiger partial charge is 0.410 e. The third-order valence-electron chi connectivity index (χ3n) is 4.10.